The number of aliphatic hydroxyl groups is 1. The van der Waals surface area contributed by atoms with Gasteiger partial charge in [-0.25, -0.2) is 4.79 Å². The summed E-state index contributed by atoms with van der Waals surface area (Å²) in [4.78, 5) is 92.2. The Balaban J connectivity index is 1.49. The lowest BCUT2D eigenvalue weighted by Gasteiger charge is -2.63. The summed E-state index contributed by atoms with van der Waals surface area (Å²) < 4.78 is 23.6. The molecule has 1 aromatic heterocycles. The van der Waals surface area contributed by atoms with Crippen molar-refractivity contribution in [2.75, 3.05) is 52.4 Å². The number of H-pyrrole nitrogens is 1. The number of nitrogens with zero attached hydrogens (tertiary/aromatic N) is 3. The Labute approximate surface area is 360 Å². The molecular weight excluding hydrogens is 797 g/mol. The standard InChI is InChI=1S/C47H56N4O11/c1-8-30(55)21-29-24-46(42(56)60-6,38-32(15-19-50(25-29)27(3)53)31-13-10-11-14-35(31)48-38)34-22-33-36(23-37(34)59-5)51(26-52)40-45(33)17-20-49-18-12-16-44(9-2,39(45)49)41(62-28(4)54)47(40,58)43(57)61-7/h10-14,16,22-23,26,29,39-41,48,58H,8-9,15,17-21,24-25H2,1-7H3/t29-,39+,40-,41-,44-,45-,46+,47+/m1/s1. The van der Waals surface area contributed by atoms with Gasteiger partial charge < -0.3 is 38.8 Å². The van der Waals surface area contributed by atoms with Crippen LogP contribution in [0.1, 0.15) is 82.2 Å². The van der Waals surface area contributed by atoms with E-state index >= 15 is 4.79 Å². The number of aromatic nitrogens is 1. The van der Waals surface area contributed by atoms with E-state index in [1.165, 1.54) is 33.0 Å². The van der Waals surface area contributed by atoms with E-state index < -0.39 is 63.9 Å². The maximum atomic E-state index is 15.4. The van der Waals surface area contributed by atoms with Gasteiger partial charge in [0.2, 0.25) is 17.9 Å². The van der Waals surface area contributed by atoms with Crippen molar-refractivity contribution in [3.8, 4) is 5.75 Å². The Kier molecular flexibility index (Phi) is 10.9. The number of esters is 3. The van der Waals surface area contributed by atoms with Crippen LogP contribution in [-0.2, 0) is 60.2 Å². The smallest absolute Gasteiger partial charge is 0.344 e. The number of ether oxygens (including phenoxy) is 4. The molecular formula is C47H56N4O11. The molecule has 15 heteroatoms. The molecule has 1 aliphatic carbocycles. The van der Waals surface area contributed by atoms with Crippen LogP contribution in [0, 0.1) is 11.3 Å². The summed E-state index contributed by atoms with van der Waals surface area (Å²) in [5.41, 5.74) is -3.24. The highest BCUT2D eigenvalue weighted by atomic mass is 16.6. The molecule has 330 valence electrons. The van der Waals surface area contributed by atoms with Crippen LogP contribution < -0.4 is 9.64 Å². The lowest BCUT2D eigenvalue weighted by Crippen LogP contribution is -2.81. The van der Waals surface area contributed by atoms with Crippen LogP contribution in [-0.4, -0.2) is 127 Å². The predicted octanol–water partition coefficient (Wildman–Crippen LogP) is 3.89. The molecule has 0 unspecified atom stereocenters. The Bertz CT molecular complexity index is 2390. The van der Waals surface area contributed by atoms with Crippen LogP contribution in [0.5, 0.6) is 5.75 Å². The van der Waals surface area contributed by atoms with Crippen LogP contribution in [0.25, 0.3) is 10.9 Å². The first-order valence-electron chi connectivity index (χ1n) is 21.5. The maximum absolute atomic E-state index is 15.4. The zero-order valence-electron chi connectivity index (χ0n) is 36.4. The summed E-state index contributed by atoms with van der Waals surface area (Å²) in [6.07, 6.45) is 4.45. The van der Waals surface area contributed by atoms with E-state index in [1.54, 1.807) is 17.9 Å². The summed E-state index contributed by atoms with van der Waals surface area (Å²) in [5.74, 6) is -2.92. The number of carbonyl (C=O) groups is 6. The molecule has 15 nitrogen and oxygen atoms in total. The first kappa shape index (κ1) is 43.1. The topological polar surface area (TPSA) is 185 Å². The van der Waals surface area contributed by atoms with Crippen LogP contribution >= 0.6 is 0 Å². The molecule has 5 heterocycles. The van der Waals surface area contributed by atoms with Crippen molar-refractivity contribution in [3.05, 3.63) is 70.9 Å². The third-order valence-electron chi connectivity index (χ3n) is 14.9. The van der Waals surface area contributed by atoms with Crippen LogP contribution in [0.4, 0.5) is 5.69 Å². The van der Waals surface area contributed by atoms with E-state index in [-0.39, 0.29) is 43.2 Å². The summed E-state index contributed by atoms with van der Waals surface area (Å²) in [7, 11) is 3.93. The monoisotopic (exact) mass is 852 g/mol. The molecule has 2 aromatic carbocycles. The Morgan fingerprint density at radius 2 is 1.71 bits per heavy atom. The minimum absolute atomic E-state index is 0.0236. The molecule has 5 aliphatic rings. The van der Waals surface area contributed by atoms with Crippen LogP contribution in [0.2, 0.25) is 0 Å². The second-order valence-corrected chi connectivity index (χ2v) is 17.6. The molecule has 3 aromatic rings. The second kappa shape index (κ2) is 15.7. The molecule has 0 radical (unpaired) electrons. The molecule has 0 bridgehead atoms. The van der Waals surface area contributed by atoms with E-state index in [4.69, 9.17) is 18.9 Å². The average molecular weight is 853 g/mol. The first-order chi connectivity index (χ1) is 29.7. The molecule has 2 fully saturated rings. The van der Waals surface area contributed by atoms with Crippen molar-refractivity contribution in [1.29, 1.82) is 0 Å². The molecule has 1 saturated carbocycles. The molecule has 1 spiro atoms. The van der Waals surface area contributed by atoms with Gasteiger partial charge in [0.05, 0.1) is 33.1 Å². The van der Waals surface area contributed by atoms with Crippen molar-refractivity contribution < 1.29 is 52.8 Å². The highest BCUT2D eigenvalue weighted by Crippen LogP contribution is 2.68. The highest BCUT2D eigenvalue weighted by molar-refractivity contribution is 5.97. The molecule has 62 heavy (non-hydrogen) atoms. The van der Waals surface area contributed by atoms with Crippen molar-refractivity contribution in [1.82, 2.24) is 14.8 Å². The third-order valence-corrected chi connectivity index (χ3v) is 14.9. The number of anilines is 1. The van der Waals surface area contributed by atoms with Gasteiger partial charge in [-0.2, -0.15) is 0 Å². The molecule has 2 N–H and O–H groups in total. The number of rotatable bonds is 10. The normalized spacial score (nSPS) is 31.1. The minimum atomic E-state index is -2.58. The second-order valence-electron chi connectivity index (χ2n) is 17.6. The number of aromatic amines is 1. The SMILES string of the molecule is CCC(=O)C[C@H]1CN(C(C)=O)CCc2c([nH]c3ccccc23)[C@@](C(=O)OC)(c2cc3c(cc2OC)N(C=O)[C@H]2[C@@](O)(C(=O)OC)[C@H](OC(C)=O)[C@]4(CC)C=CCN5CC[C@]32[C@@H]54)C1. The highest BCUT2D eigenvalue weighted by Gasteiger charge is 2.81. The number of methoxy groups -OCH3 is 3. The fraction of sp³-hybridized carbons (Fsp3) is 0.532. The number of hydrogen-bond donors (Lipinski definition) is 2. The number of fused-ring (bicyclic) bond motifs is 4. The predicted molar refractivity (Wildman–Crippen MR) is 226 cm³/mol. The number of benzene rings is 2. The number of hydrogen-bond acceptors (Lipinski definition) is 12. The van der Waals surface area contributed by atoms with Crippen molar-refractivity contribution >= 4 is 52.6 Å². The fourth-order valence-corrected chi connectivity index (χ4v) is 12.6. The third kappa shape index (κ3) is 5.83. The van der Waals surface area contributed by atoms with Gasteiger partial charge in [0, 0.05) is 91.4 Å². The molecule has 8 atom stereocenters. The van der Waals surface area contributed by atoms with Gasteiger partial charge in [-0.05, 0) is 61.4 Å². The maximum Gasteiger partial charge on any atom is 0.344 e. The molecule has 4 aliphatic heterocycles. The summed E-state index contributed by atoms with van der Waals surface area (Å²) in [6.45, 7) is 7.99. The van der Waals surface area contributed by atoms with Gasteiger partial charge in [0.1, 0.15) is 16.9 Å². The molecule has 2 amide bonds. The fourth-order valence-electron chi connectivity index (χ4n) is 12.6. The van der Waals surface area contributed by atoms with Gasteiger partial charge in [-0.1, -0.05) is 44.2 Å². The van der Waals surface area contributed by atoms with Crippen molar-refractivity contribution in [3.63, 3.8) is 0 Å². The zero-order valence-corrected chi connectivity index (χ0v) is 36.4. The molecule has 1 saturated heterocycles. The molecule has 8 rings (SSSR count). The summed E-state index contributed by atoms with van der Waals surface area (Å²) in [6, 6.07) is 9.39. The lowest BCUT2D eigenvalue weighted by molar-refractivity contribution is -0.228. The van der Waals surface area contributed by atoms with Crippen molar-refractivity contribution in [2.45, 2.75) is 101 Å². The quantitative estimate of drug-likeness (QED) is 0.130. The lowest BCUT2D eigenvalue weighted by atomic mass is 9.47. The van der Waals surface area contributed by atoms with Gasteiger partial charge >= 0.3 is 17.9 Å². The summed E-state index contributed by atoms with van der Waals surface area (Å²) in [5, 5.41) is 14.2. The number of ketones is 1. The number of amides is 2. The Hall–Kier alpha value is -5.54. The van der Waals surface area contributed by atoms with Crippen LogP contribution in [0.15, 0.2) is 48.6 Å². The largest absolute Gasteiger partial charge is 0.496 e. The Morgan fingerprint density at radius 1 is 0.968 bits per heavy atom. The van der Waals surface area contributed by atoms with Gasteiger partial charge in [0.25, 0.3) is 0 Å². The minimum Gasteiger partial charge on any atom is -0.496 e. The zero-order chi connectivity index (χ0) is 44.5. The van der Waals surface area contributed by atoms with Gasteiger partial charge in [-0.15, -0.1) is 0 Å². The number of nitrogens with one attached hydrogen (secondary N) is 1. The number of Topliss-reactive ketones (excluding diaryl/α,β-unsaturated/α-hetero) is 1. The van der Waals surface area contributed by atoms with E-state index in [2.05, 4.69) is 9.88 Å². The van der Waals surface area contributed by atoms with Crippen LogP contribution in [0.3, 0.4) is 0 Å². The van der Waals surface area contributed by atoms with E-state index in [1.807, 2.05) is 49.4 Å². The van der Waals surface area contributed by atoms with Gasteiger partial charge in [-0.3, -0.25) is 28.9 Å². The van der Waals surface area contributed by atoms with E-state index in [9.17, 15) is 29.1 Å². The first-order valence-corrected chi connectivity index (χ1v) is 21.5. The van der Waals surface area contributed by atoms with Crippen molar-refractivity contribution in [2.24, 2.45) is 11.3 Å². The summed E-state index contributed by atoms with van der Waals surface area (Å²) >= 11 is 0. The number of carbonyl (C=O) groups excluding carboxylic acids is 6. The van der Waals surface area contributed by atoms with Gasteiger partial charge in [0.15, 0.2) is 6.10 Å². The Morgan fingerprint density at radius 3 is 2.35 bits per heavy atom. The average Bonchev–Trinajstić information content (AvgIpc) is 3.95. The van der Waals surface area contributed by atoms with E-state index in [0.717, 1.165) is 23.6 Å². The van der Waals surface area contributed by atoms with E-state index in [0.29, 0.717) is 67.8 Å². The number of para-hydroxylation sites is 1.